The molecule has 2 N–H and O–H groups in total. The Morgan fingerprint density at radius 2 is 1.13 bits per heavy atom. The Bertz CT molecular complexity index is 1820. The van der Waals surface area contributed by atoms with E-state index in [4.69, 9.17) is 23.2 Å². The van der Waals surface area contributed by atoms with Gasteiger partial charge in [-0.25, -0.2) is 0 Å². The minimum absolute atomic E-state index is 0.000755. The molecule has 0 spiro atoms. The van der Waals surface area contributed by atoms with Crippen LogP contribution in [0, 0.1) is 13.8 Å². The summed E-state index contributed by atoms with van der Waals surface area (Å²) in [6.45, 7) is 25.9. The number of anilines is 2. The lowest BCUT2D eigenvalue weighted by atomic mass is 9.87. The van der Waals surface area contributed by atoms with Crippen LogP contribution in [0.2, 0.25) is 0 Å². The predicted molar refractivity (Wildman–Crippen MR) is 205 cm³/mol. The molecule has 0 saturated heterocycles. The summed E-state index contributed by atoms with van der Waals surface area (Å²) in [5, 5.41) is 26.1. The third kappa shape index (κ3) is 6.14. The van der Waals surface area contributed by atoms with Gasteiger partial charge in [-0.05, 0) is 112 Å². The number of halogens is 2. The summed E-state index contributed by atoms with van der Waals surface area (Å²) in [6.07, 6.45) is 0.914. The van der Waals surface area contributed by atoms with Gasteiger partial charge in [-0.3, -0.25) is 0 Å². The van der Waals surface area contributed by atoms with Gasteiger partial charge < -0.3 is 20.0 Å². The van der Waals surface area contributed by atoms with Crippen molar-refractivity contribution >= 4 is 56.1 Å². The van der Waals surface area contributed by atoms with E-state index < -0.39 is 0 Å². The van der Waals surface area contributed by atoms with Gasteiger partial charge in [0.2, 0.25) is 0 Å². The number of nitrogens with zero attached hydrogens (tertiary/aromatic N) is 2. The van der Waals surface area contributed by atoms with Gasteiger partial charge in [-0.15, -0.1) is 23.2 Å². The molecule has 2 aliphatic rings. The van der Waals surface area contributed by atoms with E-state index in [9.17, 15) is 10.2 Å². The van der Waals surface area contributed by atoms with Crippen molar-refractivity contribution in [3.05, 3.63) is 69.8 Å². The molecule has 0 aliphatic carbocycles. The lowest BCUT2D eigenvalue weighted by molar-refractivity contribution is 0.478. The van der Waals surface area contributed by atoms with Gasteiger partial charge in [0.1, 0.15) is 11.5 Å². The van der Waals surface area contributed by atoms with Gasteiger partial charge in [-0.2, -0.15) is 0 Å². The van der Waals surface area contributed by atoms with Gasteiger partial charge in [0.15, 0.2) is 0 Å². The highest BCUT2D eigenvalue weighted by molar-refractivity contribution is 6.19. The molecular formula is C41H54Cl2N2O2. The van der Waals surface area contributed by atoms with Crippen molar-refractivity contribution in [2.75, 3.05) is 34.6 Å². The molecule has 0 bridgehead atoms. The fourth-order valence-corrected chi connectivity index (χ4v) is 8.45. The summed E-state index contributed by atoms with van der Waals surface area (Å²) < 4.78 is 0. The molecule has 0 unspecified atom stereocenters. The largest absolute Gasteiger partial charge is 0.507 e. The molecule has 4 aromatic carbocycles. The van der Waals surface area contributed by atoms with Gasteiger partial charge in [0, 0.05) is 82.0 Å². The maximum absolute atomic E-state index is 10.9. The van der Waals surface area contributed by atoms with Crippen molar-refractivity contribution in [2.24, 2.45) is 0 Å². The molecule has 47 heavy (non-hydrogen) atoms. The van der Waals surface area contributed by atoms with E-state index in [2.05, 4.69) is 110 Å². The zero-order valence-corrected chi connectivity index (χ0v) is 31.8. The zero-order chi connectivity index (χ0) is 34.7. The molecular weight excluding hydrogens is 623 g/mol. The number of hydrogen-bond acceptors (Lipinski definition) is 4. The summed E-state index contributed by atoms with van der Waals surface area (Å²) in [6, 6.07) is 12.6. The third-order valence-corrected chi connectivity index (χ3v) is 11.0. The van der Waals surface area contributed by atoms with E-state index in [1.807, 2.05) is 12.1 Å². The number of rotatable bonds is 4. The van der Waals surface area contributed by atoms with Crippen LogP contribution in [-0.2, 0) is 6.42 Å². The van der Waals surface area contributed by atoms with Crippen LogP contribution in [0.3, 0.4) is 0 Å². The molecule has 4 nitrogen and oxygen atoms in total. The van der Waals surface area contributed by atoms with Crippen molar-refractivity contribution in [3.63, 3.8) is 0 Å². The van der Waals surface area contributed by atoms with Crippen molar-refractivity contribution < 1.29 is 10.2 Å². The minimum Gasteiger partial charge on any atom is -0.507 e. The van der Waals surface area contributed by atoms with Crippen molar-refractivity contribution in [1.29, 1.82) is 0 Å². The number of aromatic hydroxyl groups is 2. The van der Waals surface area contributed by atoms with Crippen LogP contribution in [0.1, 0.15) is 113 Å². The Kier molecular flexibility index (Phi) is 9.74. The summed E-state index contributed by atoms with van der Waals surface area (Å²) in [5.74, 6) is 2.96. The van der Waals surface area contributed by atoms with Crippen LogP contribution in [0.25, 0.3) is 21.5 Å². The number of aryl methyl sites for hydroxylation is 3. The first kappa shape index (κ1) is 35.5. The topological polar surface area (TPSA) is 46.9 Å². The van der Waals surface area contributed by atoms with E-state index in [0.29, 0.717) is 41.0 Å². The van der Waals surface area contributed by atoms with E-state index >= 15 is 0 Å². The molecule has 6 rings (SSSR count). The molecule has 0 fully saturated rings. The molecule has 4 aromatic rings. The van der Waals surface area contributed by atoms with Crippen LogP contribution in [0.5, 0.6) is 11.5 Å². The Morgan fingerprint density at radius 1 is 0.702 bits per heavy atom. The SMILES string of the molecule is CCc1ccc(C)c2c3c(cc(O)c12)N(C(C)(C)C)C[C@H]3CCl.Cc1ccc(C(C)C)c2c(O)cc3c(c12)[C@H](CCl)CN3C(C)(C)C. The molecule has 2 aliphatic heterocycles. The van der Waals surface area contributed by atoms with E-state index in [1.54, 1.807) is 0 Å². The molecule has 2 atom stereocenters. The number of phenols is 2. The lowest BCUT2D eigenvalue weighted by Gasteiger charge is -2.35. The fraction of sp³-hybridized carbons (Fsp3) is 0.512. The molecule has 0 saturated carbocycles. The Morgan fingerprint density at radius 3 is 1.53 bits per heavy atom. The summed E-state index contributed by atoms with van der Waals surface area (Å²) in [5.41, 5.74) is 9.76. The number of alkyl halides is 2. The maximum atomic E-state index is 10.9. The number of benzene rings is 4. The van der Waals surface area contributed by atoms with Gasteiger partial charge in [0.05, 0.1) is 0 Å². The highest BCUT2D eigenvalue weighted by Crippen LogP contribution is 2.51. The first-order chi connectivity index (χ1) is 22.0. The average Bonchev–Trinajstić information content (AvgIpc) is 3.56. The molecule has 6 heteroatoms. The van der Waals surface area contributed by atoms with Crippen LogP contribution < -0.4 is 9.80 Å². The van der Waals surface area contributed by atoms with Gasteiger partial charge in [0.25, 0.3) is 0 Å². The first-order valence-electron chi connectivity index (χ1n) is 17.2. The van der Waals surface area contributed by atoms with Crippen LogP contribution in [-0.4, -0.2) is 46.1 Å². The minimum atomic E-state index is -0.000755. The number of phenolic OH excluding ortho intramolecular Hbond substituents is 2. The van der Waals surface area contributed by atoms with Crippen LogP contribution in [0.15, 0.2) is 36.4 Å². The fourth-order valence-electron chi connectivity index (χ4n) is 7.94. The summed E-state index contributed by atoms with van der Waals surface area (Å²) >= 11 is 12.7. The van der Waals surface area contributed by atoms with E-state index in [0.717, 1.165) is 41.7 Å². The second-order valence-corrected chi connectivity index (χ2v) is 16.6. The Balaban J connectivity index is 0.000000185. The standard InChI is InChI=1S/C21H28ClNO.C20H26ClNO/c1-12(2)15-8-7-13(3)18-19-14(10-22)11-23(21(4,5)6)16(19)9-17(24)20(15)18;1-6-13-8-7-12(2)17-18-14(10-21)11-22(20(3,4)5)15(18)9-16(23)19(13)17/h7-9,12,14,24H,10-11H2,1-6H3;7-9,14,23H,6,10-11H2,1-5H3/t2*14-/m11/s1. The Labute approximate surface area is 292 Å². The summed E-state index contributed by atoms with van der Waals surface area (Å²) in [4.78, 5) is 4.77. The predicted octanol–water partition coefficient (Wildman–Crippen LogP) is 11.3. The van der Waals surface area contributed by atoms with E-state index in [-0.39, 0.29) is 11.1 Å². The second-order valence-electron chi connectivity index (χ2n) is 15.9. The van der Waals surface area contributed by atoms with E-state index in [1.165, 1.54) is 44.2 Å². The van der Waals surface area contributed by atoms with Crippen molar-refractivity contribution in [1.82, 2.24) is 0 Å². The normalized spacial score (nSPS) is 17.8. The monoisotopic (exact) mass is 676 g/mol. The number of hydrogen-bond donors (Lipinski definition) is 2. The average molecular weight is 678 g/mol. The third-order valence-electron chi connectivity index (χ3n) is 10.3. The van der Waals surface area contributed by atoms with Crippen LogP contribution in [0.4, 0.5) is 11.4 Å². The first-order valence-corrected chi connectivity index (χ1v) is 18.3. The quantitative estimate of drug-likeness (QED) is 0.211. The Hall–Kier alpha value is -2.82. The second kappa shape index (κ2) is 12.9. The van der Waals surface area contributed by atoms with Crippen LogP contribution >= 0.6 is 23.2 Å². The maximum Gasteiger partial charge on any atom is 0.125 e. The smallest absolute Gasteiger partial charge is 0.125 e. The summed E-state index contributed by atoms with van der Waals surface area (Å²) in [7, 11) is 0. The zero-order valence-electron chi connectivity index (χ0n) is 30.3. The highest BCUT2D eigenvalue weighted by Gasteiger charge is 2.38. The molecule has 0 amide bonds. The molecule has 0 radical (unpaired) electrons. The van der Waals surface area contributed by atoms with Gasteiger partial charge >= 0.3 is 0 Å². The molecule has 0 aromatic heterocycles. The van der Waals surface area contributed by atoms with Gasteiger partial charge in [-0.1, -0.05) is 45.0 Å². The highest BCUT2D eigenvalue weighted by atomic mass is 35.5. The lowest BCUT2D eigenvalue weighted by Crippen LogP contribution is -2.40. The van der Waals surface area contributed by atoms with Crippen molar-refractivity contribution in [2.45, 2.75) is 111 Å². The van der Waals surface area contributed by atoms with Crippen molar-refractivity contribution in [3.8, 4) is 11.5 Å². The molecule has 2 heterocycles. The molecule has 254 valence electrons. The number of fused-ring (bicyclic) bond motifs is 6.